The summed E-state index contributed by atoms with van der Waals surface area (Å²) in [7, 11) is 2.04. The number of allylic oxidation sites excluding steroid dienone is 2. The summed E-state index contributed by atoms with van der Waals surface area (Å²) in [5, 5.41) is 0. The summed E-state index contributed by atoms with van der Waals surface area (Å²) in [6, 6.07) is 0. The number of nitrogens with two attached hydrogens (primary N) is 1. The Labute approximate surface area is 87.8 Å². The number of nitrogens with zero attached hydrogens (tertiary/aromatic N) is 1. The van der Waals surface area contributed by atoms with Crippen LogP contribution in [-0.4, -0.2) is 18.5 Å². The van der Waals surface area contributed by atoms with Crippen LogP contribution in [0.4, 0.5) is 0 Å². The van der Waals surface area contributed by atoms with E-state index in [0.717, 1.165) is 18.2 Å². The van der Waals surface area contributed by atoms with Crippen molar-refractivity contribution in [3.8, 4) is 0 Å². The molecule has 0 amide bonds. The van der Waals surface area contributed by atoms with Crippen molar-refractivity contribution in [1.29, 1.82) is 0 Å². The maximum absolute atomic E-state index is 5.42. The van der Waals surface area contributed by atoms with E-state index >= 15 is 0 Å². The lowest BCUT2D eigenvalue weighted by Gasteiger charge is -2.20. The molecule has 0 saturated heterocycles. The van der Waals surface area contributed by atoms with Crippen LogP contribution in [0.25, 0.3) is 0 Å². The Morgan fingerprint density at radius 2 is 1.93 bits per heavy atom. The van der Waals surface area contributed by atoms with E-state index in [2.05, 4.69) is 31.9 Å². The summed E-state index contributed by atoms with van der Waals surface area (Å²) in [6.07, 6.45) is 4.84. The smallest absolute Gasteiger partial charge is 0.0291 e. The lowest BCUT2D eigenvalue weighted by atomic mass is 10.1. The van der Waals surface area contributed by atoms with Gasteiger partial charge >= 0.3 is 0 Å². The third-order valence-corrected chi connectivity index (χ3v) is 2.02. The van der Waals surface area contributed by atoms with Crippen LogP contribution in [0, 0.1) is 5.92 Å². The molecule has 2 heteroatoms. The van der Waals surface area contributed by atoms with Crippen LogP contribution in [0.5, 0.6) is 0 Å². The van der Waals surface area contributed by atoms with Crippen molar-refractivity contribution in [1.82, 2.24) is 4.90 Å². The first-order valence-electron chi connectivity index (χ1n) is 4.96. The number of hydrogen-bond acceptors (Lipinski definition) is 2. The first-order valence-corrected chi connectivity index (χ1v) is 4.96. The Hall–Kier alpha value is -1.18. The molecule has 0 aromatic rings. The number of likely N-dealkylation sites (N-methyl/N-ethyl adjacent to an activating group) is 1. The van der Waals surface area contributed by atoms with Gasteiger partial charge in [0.15, 0.2) is 0 Å². The van der Waals surface area contributed by atoms with Gasteiger partial charge in [-0.05, 0) is 24.5 Å². The molecule has 0 aliphatic rings. The molecule has 0 radical (unpaired) electrons. The maximum atomic E-state index is 5.42. The van der Waals surface area contributed by atoms with E-state index in [4.69, 9.17) is 5.73 Å². The van der Waals surface area contributed by atoms with E-state index < -0.39 is 0 Å². The second kappa shape index (κ2) is 6.30. The van der Waals surface area contributed by atoms with Gasteiger partial charge < -0.3 is 10.6 Å². The van der Waals surface area contributed by atoms with Gasteiger partial charge in [-0.2, -0.15) is 0 Å². The monoisotopic (exact) mass is 194 g/mol. The molecule has 0 aromatic carbocycles. The first kappa shape index (κ1) is 12.8. The molecule has 0 heterocycles. The van der Waals surface area contributed by atoms with Crippen molar-refractivity contribution in [2.45, 2.75) is 20.3 Å². The zero-order valence-corrected chi connectivity index (χ0v) is 9.59. The molecular formula is C12H22N2. The van der Waals surface area contributed by atoms with E-state index in [0.29, 0.717) is 5.70 Å². The molecule has 80 valence electrons. The van der Waals surface area contributed by atoms with Crippen LogP contribution in [0.1, 0.15) is 20.3 Å². The molecule has 0 spiro atoms. The summed E-state index contributed by atoms with van der Waals surface area (Å²) < 4.78 is 0. The van der Waals surface area contributed by atoms with Crippen LogP contribution in [-0.2, 0) is 0 Å². The molecule has 0 aromatic heterocycles. The normalized spacial score (nSPS) is 10.9. The average molecular weight is 194 g/mol. The zero-order valence-electron chi connectivity index (χ0n) is 9.59. The van der Waals surface area contributed by atoms with Gasteiger partial charge in [0.25, 0.3) is 0 Å². The highest BCUT2D eigenvalue weighted by atomic mass is 15.1. The molecule has 0 saturated carbocycles. The van der Waals surface area contributed by atoms with Crippen molar-refractivity contribution in [3.05, 3.63) is 36.7 Å². The van der Waals surface area contributed by atoms with Gasteiger partial charge in [-0.25, -0.2) is 0 Å². The minimum Gasteiger partial charge on any atom is -0.399 e. The number of rotatable bonds is 6. The van der Waals surface area contributed by atoms with Crippen molar-refractivity contribution in [2.24, 2.45) is 11.7 Å². The van der Waals surface area contributed by atoms with Crippen molar-refractivity contribution in [2.75, 3.05) is 13.6 Å². The van der Waals surface area contributed by atoms with Gasteiger partial charge in [0.05, 0.1) is 0 Å². The lowest BCUT2D eigenvalue weighted by molar-refractivity contribution is 0.387. The van der Waals surface area contributed by atoms with Gasteiger partial charge in [-0.3, -0.25) is 0 Å². The van der Waals surface area contributed by atoms with Crippen LogP contribution in [0.2, 0.25) is 0 Å². The van der Waals surface area contributed by atoms with Gasteiger partial charge in [0.1, 0.15) is 0 Å². The summed E-state index contributed by atoms with van der Waals surface area (Å²) in [6.45, 7) is 13.0. The van der Waals surface area contributed by atoms with Crippen molar-refractivity contribution >= 4 is 0 Å². The largest absolute Gasteiger partial charge is 0.399 e. The Balaban J connectivity index is 3.93. The van der Waals surface area contributed by atoms with E-state index in [1.807, 2.05) is 13.1 Å². The minimum absolute atomic E-state index is 0.559. The molecule has 0 unspecified atom stereocenters. The van der Waals surface area contributed by atoms with Crippen LogP contribution in [0.15, 0.2) is 36.7 Å². The average Bonchev–Trinajstić information content (AvgIpc) is 2.09. The maximum Gasteiger partial charge on any atom is 0.0291 e. The van der Waals surface area contributed by atoms with Gasteiger partial charge in [-0.1, -0.05) is 27.0 Å². The quantitative estimate of drug-likeness (QED) is 0.658. The molecule has 0 aliphatic carbocycles. The minimum atomic E-state index is 0.559. The molecule has 0 rings (SSSR count). The molecule has 0 aliphatic heterocycles. The molecule has 14 heavy (non-hydrogen) atoms. The van der Waals surface area contributed by atoms with Crippen molar-refractivity contribution in [3.63, 3.8) is 0 Å². The van der Waals surface area contributed by atoms with E-state index in [-0.39, 0.29) is 0 Å². The van der Waals surface area contributed by atoms with Gasteiger partial charge in [0.2, 0.25) is 0 Å². The third kappa shape index (κ3) is 6.35. The zero-order chi connectivity index (χ0) is 11.1. The Kier molecular flexibility index (Phi) is 5.77. The molecule has 0 bridgehead atoms. The second-order valence-electron chi connectivity index (χ2n) is 4.00. The molecule has 2 N–H and O–H groups in total. The summed E-state index contributed by atoms with van der Waals surface area (Å²) in [5.74, 6) is 0.721. The molecular weight excluding hydrogens is 172 g/mol. The fourth-order valence-electron chi connectivity index (χ4n) is 0.926. The van der Waals surface area contributed by atoms with E-state index in [1.54, 1.807) is 6.08 Å². The standard InChI is InChI=1S/C12H22N2/c1-10(2)8-9-14(5)12(4)7-6-11(3)13/h6-7,10H,3-4,8-9,13H2,1-2,5H3/b7-6-. The SMILES string of the molecule is C=C(N)/C=C\C(=C)N(C)CCC(C)C. The fraction of sp³-hybridized carbons (Fsp3) is 0.500. The highest BCUT2D eigenvalue weighted by molar-refractivity contribution is 5.21. The molecule has 0 fully saturated rings. The van der Waals surface area contributed by atoms with E-state index in [9.17, 15) is 0 Å². The predicted octanol–water partition coefficient (Wildman–Crippen LogP) is 2.51. The van der Waals surface area contributed by atoms with Gasteiger partial charge in [-0.15, -0.1) is 0 Å². The summed E-state index contributed by atoms with van der Waals surface area (Å²) >= 11 is 0. The number of hydrogen-bond donors (Lipinski definition) is 1. The lowest BCUT2D eigenvalue weighted by Crippen LogP contribution is -2.18. The van der Waals surface area contributed by atoms with E-state index in [1.165, 1.54) is 6.42 Å². The van der Waals surface area contributed by atoms with Crippen molar-refractivity contribution < 1.29 is 0 Å². The predicted molar refractivity (Wildman–Crippen MR) is 63.7 cm³/mol. The Morgan fingerprint density at radius 1 is 1.36 bits per heavy atom. The topological polar surface area (TPSA) is 29.3 Å². The Bertz CT molecular complexity index is 226. The highest BCUT2D eigenvalue weighted by Gasteiger charge is 2.00. The second-order valence-corrected chi connectivity index (χ2v) is 4.00. The first-order chi connectivity index (χ1) is 6.43. The highest BCUT2D eigenvalue weighted by Crippen LogP contribution is 2.06. The van der Waals surface area contributed by atoms with Gasteiger partial charge in [0, 0.05) is 25.0 Å². The summed E-state index contributed by atoms with van der Waals surface area (Å²) in [4.78, 5) is 2.12. The Morgan fingerprint density at radius 3 is 2.36 bits per heavy atom. The third-order valence-electron chi connectivity index (χ3n) is 2.02. The van der Waals surface area contributed by atoms with Crippen LogP contribution >= 0.6 is 0 Å². The van der Waals surface area contributed by atoms with Crippen LogP contribution in [0.3, 0.4) is 0 Å². The molecule has 2 nitrogen and oxygen atoms in total. The molecule has 0 atom stereocenters. The van der Waals surface area contributed by atoms with Crippen LogP contribution < -0.4 is 5.73 Å². The fourth-order valence-corrected chi connectivity index (χ4v) is 0.926. The summed E-state index contributed by atoms with van der Waals surface area (Å²) in [5.41, 5.74) is 6.95.